The molecule has 2 aromatic rings. The average Bonchev–Trinajstić information content (AvgIpc) is 2.84. The molecule has 0 aliphatic rings. The van der Waals surface area contributed by atoms with Crippen molar-refractivity contribution in [3.8, 4) is 0 Å². The van der Waals surface area contributed by atoms with Gasteiger partial charge in [0.25, 0.3) is 0 Å². The van der Waals surface area contributed by atoms with Gasteiger partial charge in [0.1, 0.15) is 0 Å². The molecular weight excluding hydrogens is 472 g/mol. The van der Waals surface area contributed by atoms with Crippen LogP contribution in [0.3, 0.4) is 0 Å². The third-order valence-electron chi connectivity index (χ3n) is 6.10. The van der Waals surface area contributed by atoms with Crippen molar-refractivity contribution in [1.82, 2.24) is 0 Å². The summed E-state index contributed by atoms with van der Waals surface area (Å²) in [6, 6.07) is 15.3. The van der Waals surface area contributed by atoms with E-state index in [0.29, 0.717) is 24.3 Å². The maximum absolute atomic E-state index is 12.3. The minimum Gasteiger partial charge on any atom is -0.462 e. The van der Waals surface area contributed by atoms with Crippen LogP contribution in [0.1, 0.15) is 73.1 Å². The van der Waals surface area contributed by atoms with Gasteiger partial charge in [-0.2, -0.15) is 0 Å². The predicted octanol–water partition coefficient (Wildman–Crippen LogP) is 5.92. The van der Waals surface area contributed by atoms with Gasteiger partial charge in [0, 0.05) is 0 Å². The topological polar surface area (TPSA) is 61.8 Å². The molecule has 0 bridgehead atoms. The molecule has 35 heavy (non-hydrogen) atoms. The van der Waals surface area contributed by atoms with E-state index in [1.54, 1.807) is 0 Å². The average molecular weight is 515 g/mol. The fourth-order valence-electron chi connectivity index (χ4n) is 3.97. The lowest BCUT2D eigenvalue weighted by Crippen LogP contribution is -2.57. The van der Waals surface area contributed by atoms with Crippen LogP contribution in [0, 0.1) is 0 Å². The Kier molecular flexibility index (Phi) is 11.4. The molecule has 0 unspecified atom stereocenters. The molecular formula is C28H42O5Si2. The molecule has 5 nitrogen and oxygen atoms in total. The summed E-state index contributed by atoms with van der Waals surface area (Å²) < 4.78 is 17.6. The first-order valence-electron chi connectivity index (χ1n) is 12.9. The van der Waals surface area contributed by atoms with E-state index in [-0.39, 0.29) is 11.9 Å². The molecule has 192 valence electrons. The van der Waals surface area contributed by atoms with Crippen LogP contribution >= 0.6 is 0 Å². The second kappa shape index (κ2) is 13.8. The third kappa shape index (κ3) is 9.05. The summed E-state index contributed by atoms with van der Waals surface area (Å²) in [7, 11) is -4.47. The number of hydrogen-bond donors (Lipinski definition) is 0. The molecule has 0 saturated carbocycles. The lowest BCUT2D eigenvalue weighted by atomic mass is 10.2. The summed E-state index contributed by atoms with van der Waals surface area (Å²) >= 11 is 0. The molecule has 0 aromatic heterocycles. The van der Waals surface area contributed by atoms with Gasteiger partial charge in [-0.05, 0) is 73.7 Å². The number of carbonyl (C=O) groups is 2. The maximum Gasteiger partial charge on any atom is 0.338 e. The van der Waals surface area contributed by atoms with Crippen molar-refractivity contribution in [2.45, 2.75) is 78.6 Å². The Balaban J connectivity index is 2.01. The number of unbranched alkanes of at least 4 members (excludes halogenated alkanes) is 4. The third-order valence-corrected chi connectivity index (χ3v) is 13.6. The smallest absolute Gasteiger partial charge is 0.338 e. The Labute approximate surface area is 213 Å². The monoisotopic (exact) mass is 514 g/mol. The number of carbonyl (C=O) groups excluding carboxylic acids is 2. The molecule has 0 radical (unpaired) electrons. The van der Waals surface area contributed by atoms with Gasteiger partial charge < -0.3 is 13.6 Å². The molecule has 0 amide bonds. The molecule has 0 N–H and O–H groups in total. The van der Waals surface area contributed by atoms with Crippen LogP contribution < -0.4 is 10.4 Å². The van der Waals surface area contributed by atoms with Crippen molar-refractivity contribution in [2.75, 3.05) is 13.2 Å². The van der Waals surface area contributed by atoms with Crippen molar-refractivity contribution in [1.29, 1.82) is 0 Å². The van der Waals surface area contributed by atoms with E-state index >= 15 is 0 Å². The zero-order chi connectivity index (χ0) is 25.9. The van der Waals surface area contributed by atoms with E-state index in [1.807, 2.05) is 48.5 Å². The largest absolute Gasteiger partial charge is 0.462 e. The molecule has 2 aromatic carbocycles. The SMILES string of the molecule is CCCCCOC(=O)c1ccc([Si](C)(C)O[Si](C)(C)c2ccc(C(=O)OCCCCC)cc2)cc1. The van der Waals surface area contributed by atoms with Gasteiger partial charge in [0.2, 0.25) is 16.6 Å². The summed E-state index contributed by atoms with van der Waals surface area (Å²) in [6.07, 6.45) is 6.12. The van der Waals surface area contributed by atoms with Crippen LogP contribution in [0.15, 0.2) is 48.5 Å². The van der Waals surface area contributed by atoms with Crippen LogP contribution in [0.5, 0.6) is 0 Å². The Morgan fingerprint density at radius 2 is 0.943 bits per heavy atom. The van der Waals surface area contributed by atoms with Gasteiger partial charge in [-0.3, -0.25) is 0 Å². The van der Waals surface area contributed by atoms with E-state index in [4.69, 9.17) is 13.6 Å². The highest BCUT2D eigenvalue weighted by molar-refractivity contribution is 6.96. The van der Waals surface area contributed by atoms with E-state index in [0.717, 1.165) is 48.9 Å². The maximum atomic E-state index is 12.3. The minimum absolute atomic E-state index is 0.272. The van der Waals surface area contributed by atoms with Gasteiger partial charge in [-0.25, -0.2) is 9.59 Å². The molecule has 0 aliphatic carbocycles. The highest BCUT2D eigenvalue weighted by Crippen LogP contribution is 2.17. The quantitative estimate of drug-likeness (QED) is 0.178. The Morgan fingerprint density at radius 1 is 0.600 bits per heavy atom. The lowest BCUT2D eigenvalue weighted by molar-refractivity contribution is 0.0489. The molecule has 0 aliphatic heterocycles. The van der Waals surface area contributed by atoms with E-state index in [1.165, 1.54) is 0 Å². The fraction of sp³-hybridized carbons (Fsp3) is 0.500. The Hall–Kier alpha value is -2.23. The summed E-state index contributed by atoms with van der Waals surface area (Å²) in [5.74, 6) is -0.543. The molecule has 0 saturated heterocycles. The molecule has 7 heteroatoms. The second-order valence-corrected chi connectivity index (χ2v) is 18.0. The van der Waals surface area contributed by atoms with Crippen molar-refractivity contribution >= 4 is 38.9 Å². The van der Waals surface area contributed by atoms with Gasteiger partial charge in [-0.1, -0.05) is 63.8 Å². The van der Waals surface area contributed by atoms with Crippen LogP contribution in [0.2, 0.25) is 26.2 Å². The molecule has 0 spiro atoms. The van der Waals surface area contributed by atoms with Crippen LogP contribution in [0.25, 0.3) is 0 Å². The number of esters is 2. The van der Waals surface area contributed by atoms with E-state index in [2.05, 4.69) is 40.0 Å². The minimum atomic E-state index is -2.23. The van der Waals surface area contributed by atoms with Gasteiger partial charge >= 0.3 is 11.9 Å². The molecule has 2 rings (SSSR count). The number of hydrogen-bond acceptors (Lipinski definition) is 5. The van der Waals surface area contributed by atoms with E-state index in [9.17, 15) is 9.59 Å². The number of ether oxygens (including phenoxy) is 2. The van der Waals surface area contributed by atoms with Crippen molar-refractivity contribution < 1.29 is 23.2 Å². The molecule has 0 fully saturated rings. The first-order chi connectivity index (χ1) is 16.6. The van der Waals surface area contributed by atoms with Gasteiger partial charge in [0.05, 0.1) is 24.3 Å². The summed E-state index contributed by atoms with van der Waals surface area (Å²) in [5.41, 5.74) is 1.15. The highest BCUT2D eigenvalue weighted by Gasteiger charge is 2.36. The Morgan fingerprint density at radius 3 is 1.26 bits per heavy atom. The zero-order valence-electron chi connectivity index (χ0n) is 22.3. The molecule has 0 atom stereocenters. The van der Waals surface area contributed by atoms with Crippen LogP contribution in [-0.2, 0) is 13.6 Å². The standard InChI is InChI=1S/C28H42O5Si2/c1-7-9-11-21-31-27(29)23-13-17-25(18-14-23)34(3,4)33-35(5,6)26-19-15-24(16-20-26)28(30)32-22-12-10-8-2/h13-20H,7-12,21-22H2,1-6H3. The van der Waals surface area contributed by atoms with Crippen LogP contribution in [-0.4, -0.2) is 41.8 Å². The van der Waals surface area contributed by atoms with Gasteiger partial charge in [0.15, 0.2) is 0 Å². The number of rotatable bonds is 14. The second-order valence-electron chi connectivity index (χ2n) is 9.96. The summed E-state index contributed by atoms with van der Waals surface area (Å²) in [5, 5.41) is 2.26. The summed E-state index contributed by atoms with van der Waals surface area (Å²) in [4.78, 5) is 24.6. The van der Waals surface area contributed by atoms with Crippen LogP contribution in [0.4, 0.5) is 0 Å². The Bertz CT molecular complexity index is 859. The van der Waals surface area contributed by atoms with E-state index < -0.39 is 16.6 Å². The first kappa shape index (κ1) is 29.0. The van der Waals surface area contributed by atoms with Crippen molar-refractivity contribution in [3.05, 3.63) is 59.7 Å². The highest BCUT2D eigenvalue weighted by atomic mass is 28.4. The van der Waals surface area contributed by atoms with Crippen molar-refractivity contribution in [2.24, 2.45) is 0 Å². The molecule has 0 heterocycles. The first-order valence-corrected chi connectivity index (χ1v) is 18.7. The number of benzene rings is 2. The fourth-order valence-corrected chi connectivity index (χ4v) is 12.0. The lowest BCUT2D eigenvalue weighted by Gasteiger charge is -2.34. The van der Waals surface area contributed by atoms with Gasteiger partial charge in [-0.15, -0.1) is 0 Å². The normalized spacial score (nSPS) is 11.8. The van der Waals surface area contributed by atoms with Crippen molar-refractivity contribution in [3.63, 3.8) is 0 Å². The zero-order valence-corrected chi connectivity index (χ0v) is 24.3. The predicted molar refractivity (Wildman–Crippen MR) is 148 cm³/mol. The summed E-state index contributed by atoms with van der Waals surface area (Å²) in [6.45, 7) is 13.9.